The summed E-state index contributed by atoms with van der Waals surface area (Å²) in [5.41, 5.74) is 3.99. The molecule has 0 aliphatic carbocycles. The molecule has 0 radical (unpaired) electrons. The number of rotatable bonds is 4. The van der Waals surface area contributed by atoms with E-state index in [9.17, 15) is 0 Å². The average Bonchev–Trinajstić information content (AvgIpc) is 3.07. The lowest BCUT2D eigenvalue weighted by molar-refractivity contribution is 0.394. The van der Waals surface area contributed by atoms with Crippen LogP contribution in [0, 0.1) is 13.8 Å². The predicted octanol–water partition coefficient (Wildman–Crippen LogP) is 5.17. The van der Waals surface area contributed by atoms with Crippen molar-refractivity contribution in [3.63, 3.8) is 0 Å². The molecule has 5 nitrogen and oxygen atoms in total. The summed E-state index contributed by atoms with van der Waals surface area (Å²) in [7, 11) is 0. The van der Waals surface area contributed by atoms with Crippen molar-refractivity contribution < 1.29 is 4.52 Å². The average molecular weight is 365 g/mol. The van der Waals surface area contributed by atoms with Crippen molar-refractivity contribution in [2.45, 2.75) is 20.4 Å². The number of halogens is 1. The molecule has 2 heterocycles. The van der Waals surface area contributed by atoms with Gasteiger partial charge < -0.3 is 9.84 Å². The number of hydrogen-bond acceptors (Lipinski definition) is 5. The molecule has 26 heavy (non-hydrogen) atoms. The van der Waals surface area contributed by atoms with Gasteiger partial charge in [0, 0.05) is 23.9 Å². The Hall–Kier alpha value is -2.92. The van der Waals surface area contributed by atoms with Gasteiger partial charge in [0.25, 0.3) is 0 Å². The van der Waals surface area contributed by atoms with E-state index in [2.05, 4.69) is 28.4 Å². The molecule has 0 aliphatic heterocycles. The molecule has 4 aromatic rings. The number of benzene rings is 2. The number of hydrogen-bond donors (Lipinski definition) is 1. The van der Waals surface area contributed by atoms with Crippen molar-refractivity contribution in [3.05, 3.63) is 70.6 Å². The Morgan fingerprint density at radius 1 is 1.04 bits per heavy atom. The van der Waals surface area contributed by atoms with Crippen LogP contribution in [0.4, 0.5) is 5.82 Å². The normalized spacial score (nSPS) is 11.0. The smallest absolute Gasteiger partial charge is 0.223 e. The second-order valence-corrected chi connectivity index (χ2v) is 6.58. The van der Waals surface area contributed by atoms with Gasteiger partial charge in [-0.3, -0.25) is 0 Å². The molecule has 1 N–H and O–H groups in total. The molecule has 2 aromatic heterocycles. The minimum atomic E-state index is 0.521. The number of nitrogens with zero attached hydrogens (tertiary/aromatic N) is 3. The fourth-order valence-corrected chi connectivity index (χ4v) is 2.97. The van der Waals surface area contributed by atoms with E-state index in [1.807, 2.05) is 42.5 Å². The van der Waals surface area contributed by atoms with E-state index < -0.39 is 0 Å². The number of aromatic nitrogens is 3. The van der Waals surface area contributed by atoms with Crippen molar-refractivity contribution in [1.82, 2.24) is 15.1 Å². The topological polar surface area (TPSA) is 63.8 Å². The first kappa shape index (κ1) is 16.5. The van der Waals surface area contributed by atoms with Gasteiger partial charge in [0.05, 0.1) is 11.1 Å². The fraction of sp³-hybridized carbons (Fsp3) is 0.150. The molecule has 0 unspecified atom stereocenters. The Bertz CT molecular complexity index is 1070. The summed E-state index contributed by atoms with van der Waals surface area (Å²) in [5, 5.41) is 9.22. The van der Waals surface area contributed by atoms with E-state index in [1.54, 1.807) is 6.92 Å². The Morgan fingerprint density at radius 3 is 2.58 bits per heavy atom. The maximum absolute atomic E-state index is 5.96. The van der Waals surface area contributed by atoms with Crippen molar-refractivity contribution in [3.8, 4) is 11.4 Å². The lowest BCUT2D eigenvalue weighted by atomic mass is 10.1. The Balaban J connectivity index is 1.77. The standard InChI is InChI=1S/C20H17ClN4O/c1-12-4-3-5-15-10-17(20-23-13(2)26-25-20)19(24-18(12)15)22-11-14-6-8-16(21)9-7-14/h3-10H,11H2,1-2H3,(H,22,24). The maximum Gasteiger partial charge on any atom is 0.223 e. The Kier molecular flexibility index (Phi) is 4.31. The summed E-state index contributed by atoms with van der Waals surface area (Å²) in [6, 6.07) is 15.9. The molecule has 0 saturated carbocycles. The first-order valence-corrected chi connectivity index (χ1v) is 8.67. The molecule has 130 valence electrons. The second kappa shape index (κ2) is 6.77. The molecule has 0 aliphatic rings. The van der Waals surface area contributed by atoms with Crippen LogP contribution in [0.25, 0.3) is 22.3 Å². The van der Waals surface area contributed by atoms with E-state index in [1.165, 1.54) is 0 Å². The van der Waals surface area contributed by atoms with Gasteiger partial charge in [-0.25, -0.2) is 4.98 Å². The molecule has 4 rings (SSSR count). The third-order valence-electron chi connectivity index (χ3n) is 4.19. The maximum atomic E-state index is 5.96. The highest BCUT2D eigenvalue weighted by Gasteiger charge is 2.15. The number of para-hydroxylation sites is 1. The van der Waals surface area contributed by atoms with Crippen LogP contribution in [-0.4, -0.2) is 15.1 Å². The van der Waals surface area contributed by atoms with Crippen molar-refractivity contribution in [1.29, 1.82) is 0 Å². The molecule has 0 bridgehead atoms. The zero-order valence-electron chi connectivity index (χ0n) is 14.5. The SMILES string of the molecule is Cc1nc(-c2cc3cccc(C)c3nc2NCc2ccc(Cl)cc2)no1. The quantitative estimate of drug-likeness (QED) is 0.541. The largest absolute Gasteiger partial charge is 0.365 e. The van der Waals surface area contributed by atoms with Crippen molar-refractivity contribution in [2.24, 2.45) is 0 Å². The van der Waals surface area contributed by atoms with Gasteiger partial charge in [-0.05, 0) is 36.2 Å². The summed E-state index contributed by atoms with van der Waals surface area (Å²) in [4.78, 5) is 9.20. The molecule has 6 heteroatoms. The van der Waals surface area contributed by atoms with E-state index in [0.29, 0.717) is 18.3 Å². The third-order valence-corrected chi connectivity index (χ3v) is 4.44. The number of pyridine rings is 1. The first-order chi connectivity index (χ1) is 12.6. The lowest BCUT2D eigenvalue weighted by Gasteiger charge is -2.12. The van der Waals surface area contributed by atoms with Gasteiger partial charge in [0.15, 0.2) is 0 Å². The van der Waals surface area contributed by atoms with Crippen LogP contribution in [0.15, 0.2) is 53.1 Å². The van der Waals surface area contributed by atoms with Crippen LogP contribution in [-0.2, 0) is 6.54 Å². The predicted molar refractivity (Wildman–Crippen MR) is 103 cm³/mol. The van der Waals surface area contributed by atoms with Crippen LogP contribution in [0.1, 0.15) is 17.0 Å². The van der Waals surface area contributed by atoms with Crippen LogP contribution < -0.4 is 5.32 Å². The van der Waals surface area contributed by atoms with E-state index in [4.69, 9.17) is 21.1 Å². The molecule has 2 aromatic carbocycles. The number of fused-ring (bicyclic) bond motifs is 1. The number of aryl methyl sites for hydroxylation is 2. The summed E-state index contributed by atoms with van der Waals surface area (Å²) < 4.78 is 5.15. The molecule has 0 fully saturated rings. The zero-order valence-corrected chi connectivity index (χ0v) is 15.2. The third kappa shape index (κ3) is 3.26. The van der Waals surface area contributed by atoms with Gasteiger partial charge in [-0.2, -0.15) is 4.98 Å². The van der Waals surface area contributed by atoms with Crippen LogP contribution in [0.3, 0.4) is 0 Å². The number of nitrogens with one attached hydrogen (secondary N) is 1. The summed E-state index contributed by atoms with van der Waals surface area (Å²) in [6.07, 6.45) is 0. The lowest BCUT2D eigenvalue weighted by Crippen LogP contribution is -2.04. The Labute approximate surface area is 156 Å². The second-order valence-electron chi connectivity index (χ2n) is 6.15. The van der Waals surface area contributed by atoms with Gasteiger partial charge >= 0.3 is 0 Å². The molecule has 0 spiro atoms. The van der Waals surface area contributed by atoms with Gasteiger partial charge in [0.2, 0.25) is 11.7 Å². The van der Waals surface area contributed by atoms with E-state index >= 15 is 0 Å². The molecule has 0 atom stereocenters. The first-order valence-electron chi connectivity index (χ1n) is 8.29. The highest BCUT2D eigenvalue weighted by molar-refractivity contribution is 6.30. The van der Waals surface area contributed by atoms with Crippen molar-refractivity contribution >= 4 is 28.3 Å². The summed E-state index contributed by atoms with van der Waals surface area (Å²) in [6.45, 7) is 4.44. The van der Waals surface area contributed by atoms with Gasteiger partial charge in [0.1, 0.15) is 5.82 Å². The summed E-state index contributed by atoms with van der Waals surface area (Å²) in [5.74, 6) is 1.77. The number of anilines is 1. The molecular weight excluding hydrogens is 348 g/mol. The molecular formula is C20H17ClN4O. The van der Waals surface area contributed by atoms with Crippen LogP contribution in [0.5, 0.6) is 0 Å². The minimum Gasteiger partial charge on any atom is -0.365 e. The molecule has 0 amide bonds. The molecule has 0 saturated heterocycles. The van der Waals surface area contributed by atoms with Gasteiger partial charge in [-0.15, -0.1) is 0 Å². The van der Waals surface area contributed by atoms with E-state index in [-0.39, 0.29) is 0 Å². The van der Waals surface area contributed by atoms with Crippen molar-refractivity contribution in [2.75, 3.05) is 5.32 Å². The minimum absolute atomic E-state index is 0.521. The van der Waals surface area contributed by atoms with Crippen LogP contribution in [0.2, 0.25) is 5.02 Å². The summed E-state index contributed by atoms with van der Waals surface area (Å²) >= 11 is 5.96. The van der Waals surface area contributed by atoms with E-state index in [0.717, 1.165) is 38.4 Å². The van der Waals surface area contributed by atoms with Gasteiger partial charge in [-0.1, -0.05) is 47.1 Å². The highest BCUT2D eigenvalue weighted by atomic mass is 35.5. The Morgan fingerprint density at radius 2 is 1.85 bits per heavy atom. The fourth-order valence-electron chi connectivity index (χ4n) is 2.85. The van der Waals surface area contributed by atoms with Crippen LogP contribution >= 0.6 is 11.6 Å². The zero-order chi connectivity index (χ0) is 18.1. The highest BCUT2D eigenvalue weighted by Crippen LogP contribution is 2.30. The monoisotopic (exact) mass is 364 g/mol.